The second kappa shape index (κ2) is 4.15. The highest BCUT2D eigenvalue weighted by atomic mass is 15.3. The number of rotatable bonds is 2. The molecule has 0 saturated carbocycles. The minimum Gasteiger partial charge on any atom is -0.316 e. The van der Waals surface area contributed by atoms with Crippen LogP contribution < -0.4 is 5.32 Å². The largest absolute Gasteiger partial charge is 0.316 e. The summed E-state index contributed by atoms with van der Waals surface area (Å²) in [6, 6.07) is 6.78. The molecular weight excluding hydrogens is 210 g/mol. The van der Waals surface area contributed by atoms with Crippen molar-refractivity contribution < 1.29 is 0 Å². The van der Waals surface area contributed by atoms with E-state index in [4.69, 9.17) is 0 Å². The van der Waals surface area contributed by atoms with Gasteiger partial charge in [0, 0.05) is 12.4 Å². The van der Waals surface area contributed by atoms with E-state index in [1.165, 1.54) is 42.4 Å². The minimum atomic E-state index is 0.807. The summed E-state index contributed by atoms with van der Waals surface area (Å²) >= 11 is 0. The molecule has 1 fully saturated rings. The molecule has 0 bridgehead atoms. The Kier molecular flexibility index (Phi) is 2.63. The zero-order valence-electron chi connectivity index (χ0n) is 10.5. The summed E-state index contributed by atoms with van der Waals surface area (Å²) in [5.41, 5.74) is 3.82. The highest BCUT2D eigenvalue weighted by molar-refractivity contribution is 5.82. The number of nitrogens with one attached hydrogen (secondary N) is 1. The third-order valence-electron chi connectivity index (χ3n) is 3.79. The van der Waals surface area contributed by atoms with Crippen LogP contribution in [0.2, 0.25) is 0 Å². The fourth-order valence-corrected chi connectivity index (χ4v) is 2.83. The van der Waals surface area contributed by atoms with Gasteiger partial charge in [0.2, 0.25) is 0 Å². The number of hydrogen-bond acceptors (Lipinski definition) is 2. The highest BCUT2D eigenvalue weighted by Crippen LogP contribution is 2.22. The van der Waals surface area contributed by atoms with Crippen molar-refractivity contribution in [2.75, 3.05) is 13.1 Å². The molecule has 90 valence electrons. The van der Waals surface area contributed by atoms with Crippen molar-refractivity contribution in [3.8, 4) is 0 Å². The van der Waals surface area contributed by atoms with Gasteiger partial charge in [-0.1, -0.05) is 12.1 Å². The molecule has 0 spiro atoms. The maximum atomic E-state index is 4.47. The molecule has 1 unspecified atom stereocenters. The molecule has 0 amide bonds. The van der Waals surface area contributed by atoms with Gasteiger partial charge in [0.15, 0.2) is 0 Å². The summed E-state index contributed by atoms with van der Waals surface area (Å²) in [6.45, 7) is 4.42. The van der Waals surface area contributed by atoms with E-state index in [0.29, 0.717) is 0 Å². The lowest BCUT2D eigenvalue weighted by Crippen LogP contribution is -2.10. The van der Waals surface area contributed by atoms with Crippen LogP contribution in [0.25, 0.3) is 10.9 Å². The maximum absolute atomic E-state index is 4.47. The zero-order chi connectivity index (χ0) is 11.8. The van der Waals surface area contributed by atoms with Gasteiger partial charge < -0.3 is 5.32 Å². The monoisotopic (exact) mass is 229 g/mol. The van der Waals surface area contributed by atoms with E-state index in [0.717, 1.165) is 11.6 Å². The summed E-state index contributed by atoms with van der Waals surface area (Å²) in [5, 5.41) is 9.17. The molecule has 3 nitrogen and oxygen atoms in total. The Hall–Kier alpha value is -1.35. The van der Waals surface area contributed by atoms with E-state index in [-0.39, 0.29) is 0 Å². The van der Waals surface area contributed by atoms with Crippen LogP contribution in [0.15, 0.2) is 18.2 Å². The normalized spacial score (nSPS) is 20.2. The van der Waals surface area contributed by atoms with Gasteiger partial charge in [-0.25, -0.2) is 0 Å². The van der Waals surface area contributed by atoms with E-state index in [1.807, 2.05) is 11.7 Å². The van der Waals surface area contributed by atoms with Crippen molar-refractivity contribution in [2.45, 2.75) is 19.8 Å². The molecule has 2 heterocycles. The molecule has 3 rings (SSSR count). The van der Waals surface area contributed by atoms with E-state index in [1.54, 1.807) is 0 Å². The molecule has 1 N–H and O–H groups in total. The lowest BCUT2D eigenvalue weighted by molar-refractivity contribution is 0.580. The number of aromatic nitrogens is 2. The van der Waals surface area contributed by atoms with Gasteiger partial charge in [-0.3, -0.25) is 4.68 Å². The average molecular weight is 229 g/mol. The predicted molar refractivity (Wildman–Crippen MR) is 70.1 cm³/mol. The number of benzene rings is 1. The Morgan fingerprint density at radius 3 is 3.12 bits per heavy atom. The van der Waals surface area contributed by atoms with Crippen LogP contribution >= 0.6 is 0 Å². The van der Waals surface area contributed by atoms with Crippen LogP contribution in [0.4, 0.5) is 0 Å². The van der Waals surface area contributed by atoms with Gasteiger partial charge in [0.25, 0.3) is 0 Å². The van der Waals surface area contributed by atoms with Gasteiger partial charge >= 0.3 is 0 Å². The average Bonchev–Trinajstić information content (AvgIpc) is 2.89. The first-order valence-electron chi connectivity index (χ1n) is 6.37. The Morgan fingerprint density at radius 2 is 2.35 bits per heavy atom. The Morgan fingerprint density at radius 1 is 1.47 bits per heavy atom. The van der Waals surface area contributed by atoms with Crippen molar-refractivity contribution in [1.29, 1.82) is 0 Å². The van der Waals surface area contributed by atoms with Crippen LogP contribution in [0.1, 0.15) is 17.7 Å². The lowest BCUT2D eigenvalue weighted by Gasteiger charge is -2.08. The standard InChI is InChI=1S/C14H19N3/c1-10-13-4-3-11(7-12-5-6-15-9-12)8-14(13)17(2)16-10/h3-4,8,12,15H,5-7,9H2,1-2H3. The topological polar surface area (TPSA) is 29.9 Å². The molecule has 1 atom stereocenters. The molecule has 1 saturated heterocycles. The van der Waals surface area contributed by atoms with E-state index < -0.39 is 0 Å². The Balaban J connectivity index is 1.92. The van der Waals surface area contributed by atoms with E-state index in [9.17, 15) is 0 Å². The minimum absolute atomic E-state index is 0.807. The molecule has 1 aliphatic heterocycles. The molecule has 0 radical (unpaired) electrons. The van der Waals surface area contributed by atoms with Gasteiger partial charge in [0.1, 0.15) is 0 Å². The van der Waals surface area contributed by atoms with E-state index in [2.05, 4.69) is 35.5 Å². The van der Waals surface area contributed by atoms with Crippen LogP contribution in [0.5, 0.6) is 0 Å². The van der Waals surface area contributed by atoms with Crippen molar-refractivity contribution in [3.05, 3.63) is 29.5 Å². The fraction of sp³-hybridized carbons (Fsp3) is 0.500. The molecule has 1 aromatic carbocycles. The predicted octanol–water partition coefficient (Wildman–Crippen LogP) is 2.03. The first-order valence-corrected chi connectivity index (χ1v) is 6.37. The number of aryl methyl sites for hydroxylation is 2. The van der Waals surface area contributed by atoms with Crippen LogP contribution in [-0.2, 0) is 13.5 Å². The first kappa shape index (κ1) is 10.8. The molecule has 17 heavy (non-hydrogen) atoms. The van der Waals surface area contributed by atoms with Gasteiger partial charge in [-0.05, 0) is 50.4 Å². The summed E-state index contributed by atoms with van der Waals surface area (Å²) in [6.07, 6.45) is 2.50. The van der Waals surface area contributed by atoms with Crippen molar-refractivity contribution in [1.82, 2.24) is 15.1 Å². The summed E-state index contributed by atoms with van der Waals surface area (Å²) in [4.78, 5) is 0. The highest BCUT2D eigenvalue weighted by Gasteiger charge is 2.15. The number of hydrogen-bond donors (Lipinski definition) is 1. The Bertz CT molecular complexity index is 536. The second-order valence-corrected chi connectivity index (χ2v) is 5.12. The third-order valence-corrected chi connectivity index (χ3v) is 3.79. The van der Waals surface area contributed by atoms with Gasteiger partial charge in [-0.15, -0.1) is 0 Å². The third kappa shape index (κ3) is 1.95. The Labute approximate surface area is 102 Å². The number of fused-ring (bicyclic) bond motifs is 1. The van der Waals surface area contributed by atoms with Crippen LogP contribution in [0, 0.1) is 12.8 Å². The molecule has 1 aromatic heterocycles. The zero-order valence-corrected chi connectivity index (χ0v) is 10.5. The quantitative estimate of drug-likeness (QED) is 0.854. The van der Waals surface area contributed by atoms with Crippen molar-refractivity contribution >= 4 is 10.9 Å². The summed E-state index contributed by atoms with van der Waals surface area (Å²) in [5.74, 6) is 0.807. The molecule has 2 aromatic rings. The molecule has 0 aliphatic carbocycles. The van der Waals surface area contributed by atoms with Gasteiger partial charge in [-0.2, -0.15) is 5.10 Å². The molecule has 1 aliphatic rings. The molecular formula is C14H19N3. The lowest BCUT2D eigenvalue weighted by atomic mass is 9.98. The second-order valence-electron chi connectivity index (χ2n) is 5.12. The van der Waals surface area contributed by atoms with Crippen LogP contribution in [0.3, 0.4) is 0 Å². The fourth-order valence-electron chi connectivity index (χ4n) is 2.83. The summed E-state index contributed by atoms with van der Waals surface area (Å²) in [7, 11) is 2.02. The van der Waals surface area contributed by atoms with Gasteiger partial charge in [0.05, 0.1) is 11.2 Å². The van der Waals surface area contributed by atoms with E-state index >= 15 is 0 Å². The van der Waals surface area contributed by atoms with Crippen molar-refractivity contribution in [2.24, 2.45) is 13.0 Å². The molecule has 3 heteroatoms. The maximum Gasteiger partial charge on any atom is 0.0684 e. The summed E-state index contributed by atoms with van der Waals surface area (Å²) < 4.78 is 1.99. The number of nitrogens with zero attached hydrogens (tertiary/aromatic N) is 2. The van der Waals surface area contributed by atoms with Crippen molar-refractivity contribution in [3.63, 3.8) is 0 Å². The smallest absolute Gasteiger partial charge is 0.0684 e. The first-order chi connectivity index (χ1) is 8.24. The SMILES string of the molecule is Cc1nn(C)c2cc(CC3CCNC3)ccc12. The van der Waals surface area contributed by atoms with Crippen LogP contribution in [-0.4, -0.2) is 22.9 Å².